The zero-order valence-corrected chi connectivity index (χ0v) is 15.3. The van der Waals surface area contributed by atoms with Gasteiger partial charge in [-0.3, -0.25) is 4.79 Å². The Hall–Kier alpha value is -3.91. The van der Waals surface area contributed by atoms with Crippen molar-refractivity contribution < 1.29 is 4.79 Å². The van der Waals surface area contributed by atoms with Crippen LogP contribution in [0.4, 0.5) is 11.5 Å². The normalized spacial score (nSPS) is 14.1. The highest BCUT2D eigenvalue weighted by molar-refractivity contribution is 6.15. The van der Waals surface area contributed by atoms with Gasteiger partial charge in [-0.15, -0.1) is 0 Å². The lowest BCUT2D eigenvalue weighted by atomic mass is 10.0. The highest BCUT2D eigenvalue weighted by atomic mass is 16.2. The molecule has 3 heterocycles. The molecule has 5 heteroatoms. The smallest absolute Gasteiger partial charge is 0.258 e. The van der Waals surface area contributed by atoms with Crippen LogP contribution in [0.2, 0.25) is 0 Å². The predicted octanol–water partition coefficient (Wildman–Crippen LogP) is 4.19. The van der Waals surface area contributed by atoms with Crippen LogP contribution in [0.15, 0.2) is 60.8 Å². The molecule has 0 atom stereocenters. The van der Waals surface area contributed by atoms with Gasteiger partial charge in [-0.1, -0.05) is 18.2 Å². The fourth-order valence-electron chi connectivity index (χ4n) is 3.93. The molecule has 0 aliphatic carbocycles. The van der Waals surface area contributed by atoms with Gasteiger partial charge in [0.2, 0.25) is 0 Å². The Kier molecular flexibility index (Phi) is 3.53. The Morgan fingerprint density at radius 3 is 2.82 bits per heavy atom. The van der Waals surface area contributed by atoms with E-state index in [9.17, 15) is 10.1 Å². The molecule has 0 saturated heterocycles. The average Bonchev–Trinajstić information content (AvgIpc) is 2.89. The monoisotopic (exact) mass is 364 g/mol. The van der Waals surface area contributed by atoms with Crippen molar-refractivity contribution in [2.75, 3.05) is 11.9 Å². The zero-order valence-electron chi connectivity index (χ0n) is 15.3. The van der Waals surface area contributed by atoms with Gasteiger partial charge in [-0.05, 0) is 48.0 Å². The van der Waals surface area contributed by atoms with Crippen LogP contribution < -0.4 is 4.90 Å². The van der Waals surface area contributed by atoms with Gasteiger partial charge in [0.05, 0.1) is 28.6 Å². The molecule has 28 heavy (non-hydrogen) atoms. The fraction of sp³-hybridized carbons (Fsp3) is 0.0870. The van der Waals surface area contributed by atoms with Crippen LogP contribution in [0.1, 0.15) is 32.6 Å². The van der Waals surface area contributed by atoms with Crippen LogP contribution in [-0.2, 0) is 6.54 Å². The van der Waals surface area contributed by atoms with E-state index in [2.05, 4.69) is 16.0 Å². The van der Waals surface area contributed by atoms with E-state index in [0.717, 1.165) is 33.9 Å². The molecule has 2 aromatic carbocycles. The molecule has 3 aromatic rings. The number of fused-ring (bicyclic) bond motifs is 1. The lowest BCUT2D eigenvalue weighted by Crippen LogP contribution is -2.19. The molecule has 2 aliphatic rings. The second-order valence-electron chi connectivity index (χ2n) is 6.91. The van der Waals surface area contributed by atoms with Crippen LogP contribution in [0.3, 0.4) is 0 Å². The molecule has 1 amide bonds. The van der Waals surface area contributed by atoms with E-state index in [-0.39, 0.29) is 5.91 Å². The summed E-state index contributed by atoms with van der Waals surface area (Å²) in [6, 6.07) is 19.5. The average molecular weight is 364 g/mol. The van der Waals surface area contributed by atoms with Gasteiger partial charge in [0, 0.05) is 30.9 Å². The highest BCUT2D eigenvalue weighted by Gasteiger charge is 2.35. The third-order valence-corrected chi connectivity index (χ3v) is 5.25. The third kappa shape index (κ3) is 2.32. The van der Waals surface area contributed by atoms with E-state index in [1.807, 2.05) is 54.6 Å². The van der Waals surface area contributed by atoms with Crippen molar-refractivity contribution in [3.05, 3.63) is 88.6 Å². The molecule has 0 saturated carbocycles. The van der Waals surface area contributed by atoms with Gasteiger partial charge < -0.3 is 9.80 Å². The number of nitriles is 1. The summed E-state index contributed by atoms with van der Waals surface area (Å²) < 4.78 is 0. The van der Waals surface area contributed by atoms with Crippen LogP contribution >= 0.6 is 0 Å². The molecule has 0 fully saturated rings. The number of hydrogen-bond donors (Lipinski definition) is 0. The van der Waals surface area contributed by atoms with E-state index in [0.29, 0.717) is 17.7 Å². The number of rotatable bonds is 2. The quantitative estimate of drug-likeness (QED) is 0.684. The zero-order chi connectivity index (χ0) is 19.3. The SMILES string of the molecule is CN1C(=O)c2cccc3c2C1=Cc1cccnc1N3Cc1cccc(C#N)c1. The summed E-state index contributed by atoms with van der Waals surface area (Å²) in [6.07, 6.45) is 3.81. The molecule has 2 aliphatic heterocycles. The summed E-state index contributed by atoms with van der Waals surface area (Å²) in [7, 11) is 1.81. The van der Waals surface area contributed by atoms with Crippen molar-refractivity contribution in [3.8, 4) is 6.07 Å². The Morgan fingerprint density at radius 2 is 1.96 bits per heavy atom. The van der Waals surface area contributed by atoms with Crippen molar-refractivity contribution in [1.82, 2.24) is 9.88 Å². The Labute approximate surface area is 162 Å². The molecule has 0 N–H and O–H groups in total. The molecular formula is C23H16N4O. The molecular weight excluding hydrogens is 348 g/mol. The molecule has 1 aromatic heterocycles. The summed E-state index contributed by atoms with van der Waals surface area (Å²) in [5.41, 5.74) is 6.06. The topological polar surface area (TPSA) is 60.2 Å². The van der Waals surface area contributed by atoms with Gasteiger partial charge >= 0.3 is 0 Å². The number of benzene rings is 2. The Bertz CT molecular complexity index is 1210. The number of carbonyl (C=O) groups is 1. The summed E-state index contributed by atoms with van der Waals surface area (Å²) in [5.74, 6) is 0.836. The van der Waals surface area contributed by atoms with Crippen LogP contribution in [0.25, 0.3) is 11.8 Å². The van der Waals surface area contributed by atoms with Gasteiger partial charge in [0.25, 0.3) is 5.91 Å². The largest absolute Gasteiger partial charge is 0.321 e. The molecule has 5 nitrogen and oxygen atoms in total. The maximum absolute atomic E-state index is 12.7. The second-order valence-corrected chi connectivity index (χ2v) is 6.91. The van der Waals surface area contributed by atoms with E-state index in [4.69, 9.17) is 0 Å². The Morgan fingerprint density at radius 1 is 1.11 bits per heavy atom. The van der Waals surface area contributed by atoms with Gasteiger partial charge in [-0.25, -0.2) is 4.98 Å². The van der Waals surface area contributed by atoms with Crippen molar-refractivity contribution >= 4 is 29.2 Å². The first-order chi connectivity index (χ1) is 13.7. The van der Waals surface area contributed by atoms with Crippen LogP contribution in [0.5, 0.6) is 0 Å². The number of pyridine rings is 1. The second kappa shape index (κ2) is 6.07. The lowest BCUT2D eigenvalue weighted by Gasteiger charge is -2.26. The minimum Gasteiger partial charge on any atom is -0.321 e. The number of hydrogen-bond acceptors (Lipinski definition) is 4. The highest BCUT2D eigenvalue weighted by Crippen LogP contribution is 2.45. The summed E-state index contributed by atoms with van der Waals surface area (Å²) in [4.78, 5) is 21.2. The first-order valence-electron chi connectivity index (χ1n) is 9.02. The maximum atomic E-state index is 12.7. The summed E-state index contributed by atoms with van der Waals surface area (Å²) in [5, 5.41) is 9.24. The molecule has 0 radical (unpaired) electrons. The van der Waals surface area contributed by atoms with E-state index < -0.39 is 0 Å². The fourth-order valence-corrected chi connectivity index (χ4v) is 3.93. The van der Waals surface area contributed by atoms with E-state index >= 15 is 0 Å². The van der Waals surface area contributed by atoms with Gasteiger partial charge in [0.15, 0.2) is 0 Å². The van der Waals surface area contributed by atoms with E-state index in [1.165, 1.54) is 0 Å². The summed E-state index contributed by atoms with van der Waals surface area (Å²) in [6.45, 7) is 0.551. The minimum absolute atomic E-state index is 0.00173. The molecule has 0 unspecified atom stereocenters. The molecule has 5 rings (SSSR count). The van der Waals surface area contributed by atoms with Crippen LogP contribution in [-0.4, -0.2) is 22.8 Å². The van der Waals surface area contributed by atoms with Gasteiger partial charge in [-0.2, -0.15) is 5.26 Å². The molecule has 0 spiro atoms. The summed E-state index contributed by atoms with van der Waals surface area (Å²) >= 11 is 0. The number of aromatic nitrogens is 1. The van der Waals surface area contributed by atoms with Crippen molar-refractivity contribution in [2.45, 2.75) is 6.54 Å². The van der Waals surface area contributed by atoms with Crippen molar-refractivity contribution in [3.63, 3.8) is 0 Å². The lowest BCUT2D eigenvalue weighted by molar-refractivity contribution is 0.0875. The number of amides is 1. The van der Waals surface area contributed by atoms with Crippen LogP contribution in [0, 0.1) is 11.3 Å². The number of anilines is 2. The number of carbonyl (C=O) groups excluding carboxylic acids is 1. The minimum atomic E-state index is 0.00173. The number of nitrogens with zero attached hydrogens (tertiary/aromatic N) is 4. The predicted molar refractivity (Wildman–Crippen MR) is 108 cm³/mol. The molecule has 134 valence electrons. The van der Waals surface area contributed by atoms with Crippen molar-refractivity contribution in [2.24, 2.45) is 0 Å². The Balaban J connectivity index is 1.74. The first kappa shape index (κ1) is 16.3. The van der Waals surface area contributed by atoms with Gasteiger partial charge in [0.1, 0.15) is 5.82 Å². The van der Waals surface area contributed by atoms with Crippen molar-refractivity contribution in [1.29, 1.82) is 5.26 Å². The van der Waals surface area contributed by atoms with E-state index in [1.54, 1.807) is 24.2 Å². The maximum Gasteiger partial charge on any atom is 0.258 e. The standard InChI is InChI=1S/C23H16N4O/c1-26-20-12-17-7-4-10-25-22(17)27(14-16-6-2-5-15(11-16)13-24)19-9-3-8-18(21(19)20)23(26)28/h2-12H,14H2,1H3. The first-order valence-corrected chi connectivity index (χ1v) is 9.02. The third-order valence-electron chi connectivity index (χ3n) is 5.25. The molecule has 0 bridgehead atoms.